The molecular weight excluding hydrogens is 475 g/mol. The zero-order chi connectivity index (χ0) is 18.8. The van der Waals surface area contributed by atoms with E-state index in [-0.39, 0.29) is 6.79 Å². The van der Waals surface area contributed by atoms with Crippen LogP contribution in [0.25, 0.3) is 11.0 Å². The van der Waals surface area contributed by atoms with E-state index in [2.05, 4.69) is 38.1 Å². The number of aromatic nitrogens is 3. The molecule has 1 aromatic carbocycles. The molecule has 0 aliphatic carbocycles. The predicted molar refractivity (Wildman–Crippen MR) is 114 cm³/mol. The molecule has 0 spiro atoms. The third-order valence-corrected chi connectivity index (χ3v) is 6.55. The maximum Gasteiger partial charge on any atom is 0.231 e. The van der Waals surface area contributed by atoms with Crippen molar-refractivity contribution in [2.45, 2.75) is 35.9 Å². The number of benzene rings is 1. The van der Waals surface area contributed by atoms with Crippen LogP contribution in [0, 0.1) is 15.9 Å². The molecule has 1 aliphatic rings. The smallest absolute Gasteiger partial charge is 0.231 e. The Bertz CT molecular complexity index is 1040. The third-order valence-electron chi connectivity index (χ3n) is 4.24. The SMILES string of the molecule is C#CCCCCn1c(Sc2cc3c(cc2I)OCO3)nc2c(N)nccc21. The number of nitrogens with zero attached hydrogens (tertiary/aromatic N) is 3. The van der Waals surface area contributed by atoms with Crippen molar-refractivity contribution in [1.29, 1.82) is 0 Å². The van der Waals surface area contributed by atoms with Gasteiger partial charge in [-0.05, 0) is 53.6 Å². The van der Waals surface area contributed by atoms with E-state index in [1.807, 2.05) is 18.2 Å². The summed E-state index contributed by atoms with van der Waals surface area (Å²) in [6.07, 6.45) is 9.82. The van der Waals surface area contributed by atoms with E-state index in [9.17, 15) is 0 Å². The summed E-state index contributed by atoms with van der Waals surface area (Å²) in [5.41, 5.74) is 7.77. The number of unbranched alkanes of at least 4 members (excludes halogenated alkanes) is 2. The molecule has 138 valence electrons. The molecule has 0 atom stereocenters. The molecular formula is C19H17IN4O2S. The molecule has 0 unspecified atom stereocenters. The van der Waals surface area contributed by atoms with E-state index in [0.717, 1.165) is 62.0 Å². The highest BCUT2D eigenvalue weighted by atomic mass is 127. The van der Waals surface area contributed by atoms with Crippen molar-refractivity contribution in [1.82, 2.24) is 14.5 Å². The molecule has 0 amide bonds. The van der Waals surface area contributed by atoms with Crippen LogP contribution < -0.4 is 15.2 Å². The normalized spacial score (nSPS) is 12.4. The number of anilines is 1. The Morgan fingerprint density at radius 2 is 2.11 bits per heavy atom. The highest BCUT2D eigenvalue weighted by Crippen LogP contribution is 2.41. The van der Waals surface area contributed by atoms with Gasteiger partial charge in [0.15, 0.2) is 22.5 Å². The van der Waals surface area contributed by atoms with Crippen LogP contribution in [-0.4, -0.2) is 21.3 Å². The lowest BCUT2D eigenvalue weighted by atomic mass is 10.2. The first-order valence-electron chi connectivity index (χ1n) is 8.48. The molecule has 0 fully saturated rings. The van der Waals surface area contributed by atoms with Crippen molar-refractivity contribution in [2.75, 3.05) is 12.5 Å². The minimum Gasteiger partial charge on any atom is -0.454 e. The van der Waals surface area contributed by atoms with Crippen LogP contribution in [0.5, 0.6) is 11.5 Å². The second kappa shape index (κ2) is 7.86. The maximum atomic E-state index is 6.05. The van der Waals surface area contributed by atoms with Crippen LogP contribution in [0.3, 0.4) is 0 Å². The standard InChI is InChI=1S/C19H17IN4O2S/c1-2-3-4-5-8-24-13-6-7-22-18(21)17(13)23-19(24)27-16-10-15-14(9-12(16)20)25-11-26-15/h1,6-7,9-10H,3-5,8,11H2,(H2,21,22). The first-order valence-corrected chi connectivity index (χ1v) is 10.4. The van der Waals surface area contributed by atoms with Crippen molar-refractivity contribution in [3.8, 4) is 23.8 Å². The Morgan fingerprint density at radius 1 is 1.30 bits per heavy atom. The van der Waals surface area contributed by atoms with Gasteiger partial charge >= 0.3 is 0 Å². The number of terminal acetylenes is 1. The first kappa shape index (κ1) is 18.3. The summed E-state index contributed by atoms with van der Waals surface area (Å²) in [4.78, 5) is 10.00. The minimum atomic E-state index is 0.259. The number of hydrogen-bond donors (Lipinski definition) is 1. The van der Waals surface area contributed by atoms with Crippen LogP contribution in [0.2, 0.25) is 0 Å². The maximum absolute atomic E-state index is 6.05. The average molecular weight is 492 g/mol. The van der Waals surface area contributed by atoms with Gasteiger partial charge in [-0.15, -0.1) is 12.3 Å². The van der Waals surface area contributed by atoms with Gasteiger partial charge in [0.05, 0.1) is 5.52 Å². The molecule has 3 heterocycles. The number of imidazole rings is 1. The van der Waals surface area contributed by atoms with E-state index in [1.54, 1.807) is 18.0 Å². The molecule has 3 aromatic rings. The summed E-state index contributed by atoms with van der Waals surface area (Å²) in [6.45, 7) is 1.08. The number of halogens is 1. The molecule has 0 bridgehead atoms. The van der Waals surface area contributed by atoms with E-state index >= 15 is 0 Å². The van der Waals surface area contributed by atoms with Gasteiger partial charge in [0.25, 0.3) is 0 Å². The fourth-order valence-corrected chi connectivity index (χ4v) is 4.64. The fourth-order valence-electron chi connectivity index (χ4n) is 2.92. The van der Waals surface area contributed by atoms with Crippen molar-refractivity contribution in [3.63, 3.8) is 0 Å². The number of aryl methyl sites for hydroxylation is 1. The summed E-state index contributed by atoms with van der Waals surface area (Å²) < 4.78 is 14.2. The molecule has 2 aromatic heterocycles. The summed E-state index contributed by atoms with van der Waals surface area (Å²) in [5.74, 6) is 4.67. The molecule has 2 N–H and O–H groups in total. The van der Waals surface area contributed by atoms with Gasteiger partial charge in [-0.3, -0.25) is 0 Å². The summed E-state index contributed by atoms with van der Waals surface area (Å²) in [7, 11) is 0. The lowest BCUT2D eigenvalue weighted by Crippen LogP contribution is -2.00. The molecule has 0 saturated carbocycles. The van der Waals surface area contributed by atoms with Gasteiger partial charge in [0.1, 0.15) is 5.52 Å². The highest BCUT2D eigenvalue weighted by molar-refractivity contribution is 14.1. The summed E-state index contributed by atoms with van der Waals surface area (Å²) >= 11 is 3.89. The topological polar surface area (TPSA) is 75.2 Å². The second-order valence-corrected chi connectivity index (χ2v) is 8.18. The number of rotatable bonds is 6. The lowest BCUT2D eigenvalue weighted by Gasteiger charge is -2.10. The zero-order valence-electron chi connectivity index (χ0n) is 14.4. The predicted octanol–water partition coefficient (Wildman–Crippen LogP) is 4.30. The molecule has 4 rings (SSSR count). The quantitative estimate of drug-likeness (QED) is 0.314. The Hall–Kier alpha value is -2.12. The minimum absolute atomic E-state index is 0.259. The highest BCUT2D eigenvalue weighted by Gasteiger charge is 2.20. The molecule has 8 heteroatoms. The number of pyridine rings is 1. The Labute approximate surface area is 175 Å². The van der Waals surface area contributed by atoms with Gasteiger partial charge in [-0.1, -0.05) is 11.8 Å². The number of nitrogen functional groups attached to an aromatic ring is 1. The molecule has 0 radical (unpaired) electrons. The Kier molecular flexibility index (Phi) is 5.31. The van der Waals surface area contributed by atoms with E-state index in [4.69, 9.17) is 26.6 Å². The van der Waals surface area contributed by atoms with Crippen molar-refractivity contribution < 1.29 is 9.47 Å². The van der Waals surface area contributed by atoms with Crippen LogP contribution in [0.4, 0.5) is 5.82 Å². The largest absolute Gasteiger partial charge is 0.454 e. The van der Waals surface area contributed by atoms with Crippen LogP contribution in [0.1, 0.15) is 19.3 Å². The van der Waals surface area contributed by atoms with Crippen LogP contribution >= 0.6 is 34.4 Å². The van der Waals surface area contributed by atoms with Crippen molar-refractivity contribution in [3.05, 3.63) is 28.0 Å². The van der Waals surface area contributed by atoms with E-state index in [0.29, 0.717) is 5.82 Å². The number of hydrogen-bond acceptors (Lipinski definition) is 6. The molecule has 0 saturated heterocycles. The Morgan fingerprint density at radius 3 is 2.93 bits per heavy atom. The number of nitrogens with two attached hydrogens (primary N) is 1. The lowest BCUT2D eigenvalue weighted by molar-refractivity contribution is 0.174. The van der Waals surface area contributed by atoms with Crippen molar-refractivity contribution >= 4 is 51.2 Å². The van der Waals surface area contributed by atoms with Gasteiger partial charge in [-0.25, -0.2) is 9.97 Å². The third kappa shape index (κ3) is 3.66. The second-order valence-electron chi connectivity index (χ2n) is 6.01. The fraction of sp³-hybridized carbons (Fsp3) is 0.263. The van der Waals surface area contributed by atoms with Crippen LogP contribution in [-0.2, 0) is 6.54 Å². The number of fused-ring (bicyclic) bond motifs is 2. The van der Waals surface area contributed by atoms with E-state index in [1.165, 1.54) is 0 Å². The summed E-state index contributed by atoms with van der Waals surface area (Å²) in [5, 5.41) is 0.877. The number of ether oxygens (including phenoxy) is 2. The van der Waals surface area contributed by atoms with Gasteiger partial charge in [0, 0.05) is 27.6 Å². The van der Waals surface area contributed by atoms with E-state index < -0.39 is 0 Å². The van der Waals surface area contributed by atoms with Crippen LogP contribution in [0.15, 0.2) is 34.4 Å². The van der Waals surface area contributed by atoms with Crippen molar-refractivity contribution in [2.24, 2.45) is 0 Å². The van der Waals surface area contributed by atoms with Gasteiger partial charge < -0.3 is 19.8 Å². The first-order chi connectivity index (χ1) is 13.2. The Balaban J connectivity index is 1.70. The monoisotopic (exact) mass is 492 g/mol. The average Bonchev–Trinajstić information content (AvgIpc) is 3.24. The summed E-state index contributed by atoms with van der Waals surface area (Å²) in [6, 6.07) is 5.94. The zero-order valence-corrected chi connectivity index (χ0v) is 17.4. The molecule has 1 aliphatic heterocycles. The molecule has 6 nitrogen and oxygen atoms in total. The molecule has 27 heavy (non-hydrogen) atoms. The van der Waals surface area contributed by atoms with Gasteiger partial charge in [0.2, 0.25) is 6.79 Å². The van der Waals surface area contributed by atoms with Gasteiger partial charge in [-0.2, -0.15) is 0 Å².